The van der Waals surface area contributed by atoms with Crippen LogP contribution in [0, 0.1) is 17.8 Å². The lowest BCUT2D eigenvalue weighted by Crippen LogP contribution is -2.50. The Morgan fingerprint density at radius 3 is 2.21 bits per heavy atom. The highest BCUT2D eigenvalue weighted by Crippen LogP contribution is 2.42. The van der Waals surface area contributed by atoms with Crippen molar-refractivity contribution in [3.8, 4) is 0 Å². The summed E-state index contributed by atoms with van der Waals surface area (Å²) in [6.45, 7) is 8.42. The lowest BCUT2D eigenvalue weighted by Gasteiger charge is -2.46. The average molecular weight is 200 g/mol. The fourth-order valence-electron chi connectivity index (χ4n) is 2.76. The molecular weight excluding hydrogens is 176 g/mol. The van der Waals surface area contributed by atoms with E-state index in [-0.39, 0.29) is 17.9 Å². The van der Waals surface area contributed by atoms with Gasteiger partial charge in [0.15, 0.2) is 0 Å². The number of hydrogen-bond donors (Lipinski definition) is 2. The van der Waals surface area contributed by atoms with Gasteiger partial charge in [0.1, 0.15) is 0 Å². The van der Waals surface area contributed by atoms with Crippen LogP contribution in [0.5, 0.6) is 0 Å². The number of hydrogen-bond acceptors (Lipinski definition) is 2. The van der Waals surface area contributed by atoms with Gasteiger partial charge in [0, 0.05) is 0 Å². The Morgan fingerprint density at radius 1 is 1.21 bits per heavy atom. The van der Waals surface area contributed by atoms with Crippen LogP contribution in [-0.4, -0.2) is 21.9 Å². The fraction of sp³-hybridized carbons (Fsp3) is 1.00. The molecule has 1 saturated carbocycles. The van der Waals surface area contributed by atoms with Crippen LogP contribution in [0.15, 0.2) is 0 Å². The van der Waals surface area contributed by atoms with Gasteiger partial charge in [-0.2, -0.15) is 0 Å². The standard InChI is InChI=1S/C12H24O2/c1-8(2)11-7-10(13)5-6-12(11,14)9(3)4/h8-11,13-14H,5-7H2,1-4H3. The second-order valence-corrected chi connectivity index (χ2v) is 5.42. The van der Waals surface area contributed by atoms with E-state index in [0.717, 1.165) is 19.3 Å². The molecular formula is C12H24O2. The molecule has 0 amide bonds. The molecule has 0 bridgehead atoms. The highest BCUT2D eigenvalue weighted by molar-refractivity contribution is 4.95. The van der Waals surface area contributed by atoms with Gasteiger partial charge < -0.3 is 10.2 Å². The number of aliphatic hydroxyl groups is 2. The smallest absolute Gasteiger partial charge is 0.0702 e. The van der Waals surface area contributed by atoms with Crippen LogP contribution in [0.2, 0.25) is 0 Å². The highest BCUT2D eigenvalue weighted by Gasteiger charge is 2.44. The molecule has 1 aliphatic rings. The van der Waals surface area contributed by atoms with Gasteiger partial charge in [-0.3, -0.25) is 0 Å². The molecule has 14 heavy (non-hydrogen) atoms. The molecule has 1 aliphatic carbocycles. The Kier molecular flexibility index (Phi) is 3.59. The minimum atomic E-state index is -0.562. The Morgan fingerprint density at radius 2 is 1.79 bits per heavy atom. The van der Waals surface area contributed by atoms with Crippen molar-refractivity contribution in [2.45, 2.75) is 58.7 Å². The molecule has 0 aromatic rings. The molecule has 0 aromatic carbocycles. The molecule has 84 valence electrons. The van der Waals surface area contributed by atoms with Gasteiger partial charge in [-0.05, 0) is 37.0 Å². The molecule has 2 N–H and O–H groups in total. The van der Waals surface area contributed by atoms with Gasteiger partial charge in [0.05, 0.1) is 11.7 Å². The quantitative estimate of drug-likeness (QED) is 0.717. The first-order chi connectivity index (χ1) is 6.38. The van der Waals surface area contributed by atoms with Gasteiger partial charge in [-0.1, -0.05) is 27.7 Å². The molecule has 0 heterocycles. The van der Waals surface area contributed by atoms with Crippen molar-refractivity contribution < 1.29 is 10.2 Å². The topological polar surface area (TPSA) is 40.5 Å². The SMILES string of the molecule is CC(C)C1CC(O)CCC1(O)C(C)C. The zero-order chi connectivity index (χ0) is 10.9. The van der Waals surface area contributed by atoms with E-state index in [1.807, 2.05) is 0 Å². The number of aliphatic hydroxyl groups excluding tert-OH is 1. The van der Waals surface area contributed by atoms with Crippen LogP contribution in [0.3, 0.4) is 0 Å². The van der Waals surface area contributed by atoms with Crippen molar-refractivity contribution >= 4 is 0 Å². The van der Waals surface area contributed by atoms with Crippen LogP contribution in [0.25, 0.3) is 0 Å². The van der Waals surface area contributed by atoms with Gasteiger partial charge in [0.25, 0.3) is 0 Å². The lowest BCUT2D eigenvalue weighted by molar-refractivity contribution is -0.124. The second-order valence-electron chi connectivity index (χ2n) is 5.42. The molecule has 1 fully saturated rings. The highest BCUT2D eigenvalue weighted by atomic mass is 16.3. The summed E-state index contributed by atoms with van der Waals surface area (Å²) in [4.78, 5) is 0. The lowest BCUT2D eigenvalue weighted by atomic mass is 9.65. The summed E-state index contributed by atoms with van der Waals surface area (Å²) in [5.41, 5.74) is -0.562. The molecule has 0 aromatic heterocycles. The van der Waals surface area contributed by atoms with Crippen molar-refractivity contribution in [2.24, 2.45) is 17.8 Å². The predicted octanol–water partition coefficient (Wildman–Crippen LogP) is 2.19. The van der Waals surface area contributed by atoms with Gasteiger partial charge in [0.2, 0.25) is 0 Å². The zero-order valence-corrected chi connectivity index (χ0v) is 9.83. The Bertz CT molecular complexity index is 189. The minimum Gasteiger partial charge on any atom is -0.393 e. The fourth-order valence-corrected chi connectivity index (χ4v) is 2.76. The van der Waals surface area contributed by atoms with Crippen LogP contribution in [0.1, 0.15) is 47.0 Å². The second kappa shape index (κ2) is 4.19. The van der Waals surface area contributed by atoms with E-state index in [4.69, 9.17) is 0 Å². The molecule has 0 aliphatic heterocycles. The molecule has 0 spiro atoms. The van der Waals surface area contributed by atoms with Crippen LogP contribution < -0.4 is 0 Å². The van der Waals surface area contributed by atoms with Gasteiger partial charge >= 0.3 is 0 Å². The molecule has 2 nitrogen and oxygen atoms in total. The van der Waals surface area contributed by atoms with Gasteiger partial charge in [-0.15, -0.1) is 0 Å². The van der Waals surface area contributed by atoms with Gasteiger partial charge in [-0.25, -0.2) is 0 Å². The first-order valence-electron chi connectivity index (χ1n) is 5.78. The average Bonchev–Trinajstić information content (AvgIpc) is 2.08. The van der Waals surface area contributed by atoms with Crippen LogP contribution in [-0.2, 0) is 0 Å². The Balaban J connectivity index is 2.82. The normalized spacial score (nSPS) is 39.4. The predicted molar refractivity (Wildman–Crippen MR) is 58.0 cm³/mol. The summed E-state index contributed by atoms with van der Waals surface area (Å²) in [5.74, 6) is 0.964. The van der Waals surface area contributed by atoms with Crippen molar-refractivity contribution in [3.05, 3.63) is 0 Å². The molecule has 0 saturated heterocycles. The number of rotatable bonds is 2. The maximum atomic E-state index is 10.6. The summed E-state index contributed by atoms with van der Waals surface area (Å²) in [5, 5.41) is 20.2. The molecule has 1 rings (SSSR count). The van der Waals surface area contributed by atoms with E-state index >= 15 is 0 Å². The minimum absolute atomic E-state index is 0.207. The van der Waals surface area contributed by atoms with Crippen LogP contribution >= 0.6 is 0 Å². The third-order valence-electron chi connectivity index (χ3n) is 3.85. The molecule has 3 unspecified atom stereocenters. The summed E-state index contributed by atoms with van der Waals surface area (Å²) in [6.07, 6.45) is 2.04. The maximum absolute atomic E-state index is 10.6. The molecule has 2 heteroatoms. The monoisotopic (exact) mass is 200 g/mol. The van der Waals surface area contributed by atoms with Crippen molar-refractivity contribution in [3.63, 3.8) is 0 Å². The zero-order valence-electron chi connectivity index (χ0n) is 9.83. The maximum Gasteiger partial charge on any atom is 0.0702 e. The van der Waals surface area contributed by atoms with Crippen LogP contribution in [0.4, 0.5) is 0 Å². The third kappa shape index (κ3) is 2.12. The van der Waals surface area contributed by atoms with E-state index in [1.165, 1.54) is 0 Å². The van der Waals surface area contributed by atoms with E-state index in [0.29, 0.717) is 5.92 Å². The van der Waals surface area contributed by atoms with Crippen molar-refractivity contribution in [2.75, 3.05) is 0 Å². The molecule has 3 atom stereocenters. The molecule has 0 radical (unpaired) electrons. The van der Waals surface area contributed by atoms with E-state index in [1.54, 1.807) is 0 Å². The Labute approximate surface area is 87.3 Å². The van der Waals surface area contributed by atoms with E-state index in [9.17, 15) is 10.2 Å². The third-order valence-corrected chi connectivity index (χ3v) is 3.85. The van der Waals surface area contributed by atoms with Crippen molar-refractivity contribution in [1.82, 2.24) is 0 Å². The summed E-state index contributed by atoms with van der Waals surface area (Å²) in [6, 6.07) is 0. The first kappa shape index (κ1) is 12.0. The first-order valence-corrected chi connectivity index (χ1v) is 5.78. The van der Waals surface area contributed by atoms with E-state index < -0.39 is 5.60 Å². The summed E-state index contributed by atoms with van der Waals surface area (Å²) >= 11 is 0. The van der Waals surface area contributed by atoms with Crippen molar-refractivity contribution in [1.29, 1.82) is 0 Å². The van der Waals surface area contributed by atoms with E-state index in [2.05, 4.69) is 27.7 Å². The summed E-state index contributed by atoms with van der Waals surface area (Å²) in [7, 11) is 0. The largest absolute Gasteiger partial charge is 0.393 e. The Hall–Kier alpha value is -0.0800. The summed E-state index contributed by atoms with van der Waals surface area (Å²) < 4.78 is 0.